The minimum absolute atomic E-state index is 0.273. The summed E-state index contributed by atoms with van der Waals surface area (Å²) in [6, 6.07) is 1.98. The second kappa shape index (κ2) is 9.61. The van der Waals surface area contributed by atoms with Gasteiger partial charge in [-0.15, -0.1) is 0 Å². The molecule has 1 aromatic rings. The quantitative estimate of drug-likeness (QED) is 0.260. The predicted octanol–water partition coefficient (Wildman–Crippen LogP) is 8.35. The summed E-state index contributed by atoms with van der Waals surface area (Å²) < 4.78 is 55.5. The summed E-state index contributed by atoms with van der Waals surface area (Å²) in [5.74, 6) is -0.558. The van der Waals surface area contributed by atoms with Crippen molar-refractivity contribution < 1.29 is 17.6 Å². The lowest BCUT2D eigenvalue weighted by molar-refractivity contribution is 0.122. The first-order valence-electron chi connectivity index (χ1n) is 12.2. The van der Waals surface area contributed by atoms with Gasteiger partial charge >= 0.3 is 0 Å². The molecule has 4 rings (SSSR count). The minimum atomic E-state index is -1.47. The Morgan fingerprint density at radius 2 is 1.00 bits per heavy atom. The molecule has 3 aliphatic rings. The third-order valence-corrected chi connectivity index (χ3v) is 8.74. The molecule has 3 atom stereocenters. The number of hydrogen-bond acceptors (Lipinski definition) is 0. The molecule has 3 fully saturated rings. The topological polar surface area (TPSA) is 0 Å². The standard InChI is InChI=1S/C26H36F4/c1-16-2-4-17(5-3-16)18-6-8-19(9-7-18)20-10-12-22(23(27)13-11-20)21-14-24(28)26(30)25(29)15-21/h14-20,22-23H,2-13H2,1H3. The van der Waals surface area contributed by atoms with Crippen molar-refractivity contribution in [3.05, 3.63) is 35.1 Å². The van der Waals surface area contributed by atoms with E-state index in [0.29, 0.717) is 24.7 Å². The van der Waals surface area contributed by atoms with Crippen molar-refractivity contribution in [3.63, 3.8) is 0 Å². The van der Waals surface area contributed by atoms with Crippen LogP contribution in [0.2, 0.25) is 0 Å². The Hall–Kier alpha value is -1.06. The van der Waals surface area contributed by atoms with E-state index in [1.807, 2.05) is 0 Å². The molecular formula is C26H36F4. The fourth-order valence-electron chi connectivity index (χ4n) is 6.77. The van der Waals surface area contributed by atoms with E-state index in [1.165, 1.54) is 51.4 Å². The van der Waals surface area contributed by atoms with Crippen LogP contribution in [0.3, 0.4) is 0 Å². The van der Waals surface area contributed by atoms with Crippen LogP contribution in [0.5, 0.6) is 0 Å². The summed E-state index contributed by atoms with van der Waals surface area (Å²) in [6.07, 6.45) is 12.4. The van der Waals surface area contributed by atoms with Gasteiger partial charge in [0, 0.05) is 5.92 Å². The first-order valence-corrected chi connectivity index (χ1v) is 12.2. The number of hydrogen-bond donors (Lipinski definition) is 0. The predicted molar refractivity (Wildman–Crippen MR) is 112 cm³/mol. The smallest absolute Gasteiger partial charge is 0.194 e. The molecule has 3 saturated carbocycles. The number of rotatable bonds is 3. The van der Waals surface area contributed by atoms with E-state index in [4.69, 9.17) is 0 Å². The maximum absolute atomic E-state index is 14.9. The molecule has 0 saturated heterocycles. The third-order valence-electron chi connectivity index (χ3n) is 8.74. The fourth-order valence-corrected chi connectivity index (χ4v) is 6.77. The van der Waals surface area contributed by atoms with E-state index >= 15 is 0 Å². The van der Waals surface area contributed by atoms with Crippen LogP contribution in [-0.2, 0) is 0 Å². The number of alkyl halides is 1. The zero-order chi connectivity index (χ0) is 21.3. The van der Waals surface area contributed by atoms with Crippen molar-refractivity contribution in [2.24, 2.45) is 29.6 Å². The van der Waals surface area contributed by atoms with Gasteiger partial charge in [-0.1, -0.05) is 19.8 Å². The molecule has 0 radical (unpaired) electrons. The van der Waals surface area contributed by atoms with E-state index in [9.17, 15) is 17.6 Å². The van der Waals surface area contributed by atoms with Crippen molar-refractivity contribution in [2.45, 2.75) is 96.1 Å². The first kappa shape index (κ1) is 22.1. The SMILES string of the molecule is CC1CCC(C2CCC(C3CCC(F)C(c4cc(F)c(F)c(F)c4)CC3)CC2)CC1. The number of benzene rings is 1. The van der Waals surface area contributed by atoms with Crippen LogP contribution < -0.4 is 0 Å². The normalized spacial score (nSPS) is 38.2. The molecule has 3 unspecified atom stereocenters. The Morgan fingerprint density at radius 3 is 1.50 bits per heavy atom. The molecule has 0 spiro atoms. The summed E-state index contributed by atoms with van der Waals surface area (Å²) in [5, 5.41) is 0. The lowest BCUT2D eigenvalue weighted by Gasteiger charge is -2.39. The van der Waals surface area contributed by atoms with Crippen LogP contribution in [0.15, 0.2) is 12.1 Å². The Morgan fingerprint density at radius 1 is 0.600 bits per heavy atom. The van der Waals surface area contributed by atoms with Crippen LogP contribution >= 0.6 is 0 Å². The molecule has 0 aliphatic heterocycles. The second-order valence-electron chi connectivity index (χ2n) is 10.5. The minimum Gasteiger partial charge on any atom is -0.247 e. The molecule has 168 valence electrons. The third kappa shape index (κ3) is 4.88. The fraction of sp³-hybridized carbons (Fsp3) is 0.769. The molecule has 0 bridgehead atoms. The molecule has 30 heavy (non-hydrogen) atoms. The first-order chi connectivity index (χ1) is 14.4. The Balaban J connectivity index is 1.33. The largest absolute Gasteiger partial charge is 0.247 e. The second-order valence-corrected chi connectivity index (χ2v) is 10.5. The molecule has 0 amide bonds. The maximum Gasteiger partial charge on any atom is 0.194 e. The van der Waals surface area contributed by atoms with E-state index in [0.717, 1.165) is 42.7 Å². The van der Waals surface area contributed by atoms with Gasteiger partial charge in [-0.3, -0.25) is 0 Å². The lowest BCUT2D eigenvalue weighted by Crippen LogP contribution is -2.27. The molecule has 0 nitrogen and oxygen atoms in total. The van der Waals surface area contributed by atoms with Crippen molar-refractivity contribution in [1.29, 1.82) is 0 Å². The van der Waals surface area contributed by atoms with Gasteiger partial charge in [0.2, 0.25) is 0 Å². The summed E-state index contributed by atoms with van der Waals surface area (Å²) in [7, 11) is 0. The maximum atomic E-state index is 14.9. The van der Waals surface area contributed by atoms with E-state index in [2.05, 4.69) is 6.92 Å². The van der Waals surface area contributed by atoms with Crippen LogP contribution in [0.25, 0.3) is 0 Å². The van der Waals surface area contributed by atoms with Gasteiger partial charge in [-0.05, 0) is 111 Å². The van der Waals surface area contributed by atoms with Crippen molar-refractivity contribution in [1.82, 2.24) is 0 Å². The summed E-state index contributed by atoms with van der Waals surface area (Å²) in [6.45, 7) is 2.37. The summed E-state index contributed by atoms with van der Waals surface area (Å²) in [4.78, 5) is 0. The average molecular weight is 425 g/mol. The van der Waals surface area contributed by atoms with Gasteiger partial charge in [-0.2, -0.15) is 0 Å². The average Bonchev–Trinajstić information content (AvgIpc) is 2.94. The van der Waals surface area contributed by atoms with Gasteiger partial charge in [0.15, 0.2) is 17.5 Å². The molecular weight excluding hydrogens is 388 g/mol. The highest BCUT2D eigenvalue weighted by molar-refractivity contribution is 5.24. The van der Waals surface area contributed by atoms with E-state index in [-0.39, 0.29) is 5.56 Å². The van der Waals surface area contributed by atoms with Gasteiger partial charge in [0.05, 0.1) is 0 Å². The van der Waals surface area contributed by atoms with Crippen molar-refractivity contribution >= 4 is 0 Å². The monoisotopic (exact) mass is 424 g/mol. The van der Waals surface area contributed by atoms with Crippen LogP contribution in [0.1, 0.15) is 95.5 Å². The molecule has 3 aliphatic carbocycles. The Bertz CT molecular complexity index is 678. The van der Waals surface area contributed by atoms with Crippen LogP contribution in [-0.4, -0.2) is 6.17 Å². The molecule has 4 heteroatoms. The van der Waals surface area contributed by atoms with Crippen molar-refractivity contribution in [3.8, 4) is 0 Å². The molecule has 1 aromatic carbocycles. The molecule has 0 N–H and O–H groups in total. The van der Waals surface area contributed by atoms with Crippen LogP contribution in [0.4, 0.5) is 17.6 Å². The molecule has 0 aromatic heterocycles. The lowest BCUT2D eigenvalue weighted by atomic mass is 9.67. The summed E-state index contributed by atoms with van der Waals surface area (Å²) in [5.41, 5.74) is 0.273. The van der Waals surface area contributed by atoms with E-state index < -0.39 is 29.5 Å². The van der Waals surface area contributed by atoms with Gasteiger partial charge in [0.1, 0.15) is 6.17 Å². The summed E-state index contributed by atoms with van der Waals surface area (Å²) >= 11 is 0. The Kier molecular flexibility index (Phi) is 7.09. The van der Waals surface area contributed by atoms with Gasteiger partial charge < -0.3 is 0 Å². The van der Waals surface area contributed by atoms with Crippen molar-refractivity contribution in [2.75, 3.05) is 0 Å². The van der Waals surface area contributed by atoms with Gasteiger partial charge in [-0.25, -0.2) is 17.6 Å². The highest BCUT2D eigenvalue weighted by Crippen LogP contribution is 2.46. The highest BCUT2D eigenvalue weighted by Gasteiger charge is 2.36. The highest BCUT2D eigenvalue weighted by atomic mass is 19.2. The Labute approximate surface area is 178 Å². The number of halogens is 4. The van der Waals surface area contributed by atoms with Gasteiger partial charge in [0.25, 0.3) is 0 Å². The zero-order valence-electron chi connectivity index (χ0n) is 18.2. The molecule has 0 heterocycles. The van der Waals surface area contributed by atoms with E-state index in [1.54, 1.807) is 0 Å². The van der Waals surface area contributed by atoms with Crippen LogP contribution in [0, 0.1) is 47.0 Å². The zero-order valence-corrected chi connectivity index (χ0v) is 18.2.